The molecule has 23 heavy (non-hydrogen) atoms. The summed E-state index contributed by atoms with van der Waals surface area (Å²) >= 11 is 6.04. The summed E-state index contributed by atoms with van der Waals surface area (Å²) in [6.07, 6.45) is 1.62. The van der Waals surface area contributed by atoms with Crippen molar-refractivity contribution in [1.82, 2.24) is 19.4 Å². The minimum absolute atomic E-state index is 0.0458. The maximum atomic E-state index is 12.7. The van der Waals surface area contributed by atoms with E-state index >= 15 is 0 Å². The highest BCUT2D eigenvalue weighted by molar-refractivity contribution is 6.31. The quantitative estimate of drug-likeness (QED) is 0.795. The lowest BCUT2D eigenvalue weighted by molar-refractivity contribution is 0.0362. The second-order valence-electron chi connectivity index (χ2n) is 5.74. The average molecular weight is 333 g/mol. The number of fused-ring (bicyclic) bond motifs is 3. The Morgan fingerprint density at radius 3 is 2.91 bits per heavy atom. The van der Waals surface area contributed by atoms with E-state index in [2.05, 4.69) is 14.9 Å². The van der Waals surface area contributed by atoms with Crippen molar-refractivity contribution >= 4 is 33.5 Å². The van der Waals surface area contributed by atoms with Crippen LogP contribution in [0, 0.1) is 0 Å². The summed E-state index contributed by atoms with van der Waals surface area (Å²) in [6.45, 7) is 4.79. The fourth-order valence-electron chi connectivity index (χ4n) is 3.00. The first-order chi connectivity index (χ1) is 11.2. The molecule has 0 saturated carbocycles. The van der Waals surface area contributed by atoms with E-state index in [0.29, 0.717) is 22.6 Å². The van der Waals surface area contributed by atoms with E-state index in [1.165, 1.54) is 0 Å². The lowest BCUT2D eigenvalue weighted by Crippen LogP contribution is -2.39. The fourth-order valence-corrected chi connectivity index (χ4v) is 3.17. The van der Waals surface area contributed by atoms with Crippen LogP contribution in [0.1, 0.15) is 0 Å². The van der Waals surface area contributed by atoms with Crippen molar-refractivity contribution in [2.75, 3.05) is 32.8 Å². The van der Waals surface area contributed by atoms with Crippen molar-refractivity contribution in [3.63, 3.8) is 0 Å². The molecular formula is C16H17ClN4O2. The molecular weight excluding hydrogens is 316 g/mol. The Hall–Kier alpha value is -1.89. The van der Waals surface area contributed by atoms with E-state index in [1.807, 2.05) is 12.1 Å². The molecule has 1 aliphatic heterocycles. The van der Waals surface area contributed by atoms with Crippen LogP contribution in [0.5, 0.6) is 0 Å². The summed E-state index contributed by atoms with van der Waals surface area (Å²) in [4.78, 5) is 22.6. The van der Waals surface area contributed by atoms with Crippen molar-refractivity contribution in [3.05, 3.63) is 39.9 Å². The SMILES string of the molecule is O=c1c2[nH]c3ccc(Cl)cc3c2ncn1CCN1CCOCC1. The van der Waals surface area contributed by atoms with Gasteiger partial charge in [0.15, 0.2) is 0 Å². The molecule has 6 nitrogen and oxygen atoms in total. The van der Waals surface area contributed by atoms with Gasteiger partial charge in [-0.3, -0.25) is 14.3 Å². The zero-order chi connectivity index (χ0) is 15.8. The summed E-state index contributed by atoms with van der Waals surface area (Å²) in [6, 6.07) is 5.51. The summed E-state index contributed by atoms with van der Waals surface area (Å²) in [5.41, 5.74) is 2.04. The summed E-state index contributed by atoms with van der Waals surface area (Å²) < 4.78 is 7.00. The molecule has 1 saturated heterocycles. The van der Waals surface area contributed by atoms with Crippen molar-refractivity contribution < 1.29 is 4.74 Å². The number of halogens is 1. The average Bonchev–Trinajstić information content (AvgIpc) is 2.94. The lowest BCUT2D eigenvalue weighted by Gasteiger charge is -2.26. The van der Waals surface area contributed by atoms with Crippen molar-refractivity contribution in [2.45, 2.75) is 6.54 Å². The lowest BCUT2D eigenvalue weighted by atomic mass is 10.2. The number of nitrogens with one attached hydrogen (secondary N) is 1. The van der Waals surface area contributed by atoms with Crippen LogP contribution < -0.4 is 5.56 Å². The Morgan fingerprint density at radius 1 is 1.26 bits per heavy atom. The maximum absolute atomic E-state index is 12.7. The number of H-pyrrole nitrogens is 1. The normalized spacial score (nSPS) is 16.4. The molecule has 0 amide bonds. The van der Waals surface area contributed by atoms with Gasteiger partial charge in [-0.05, 0) is 18.2 Å². The number of morpholine rings is 1. The molecule has 1 N–H and O–H groups in total. The molecule has 2 aromatic heterocycles. The second-order valence-corrected chi connectivity index (χ2v) is 6.17. The van der Waals surface area contributed by atoms with Crippen LogP contribution in [0.15, 0.2) is 29.3 Å². The smallest absolute Gasteiger partial charge is 0.277 e. The van der Waals surface area contributed by atoms with Gasteiger partial charge >= 0.3 is 0 Å². The highest BCUT2D eigenvalue weighted by Crippen LogP contribution is 2.24. The maximum Gasteiger partial charge on any atom is 0.277 e. The van der Waals surface area contributed by atoms with Crippen LogP contribution in [0.25, 0.3) is 21.9 Å². The minimum atomic E-state index is -0.0458. The van der Waals surface area contributed by atoms with E-state index < -0.39 is 0 Å². The topological polar surface area (TPSA) is 63.2 Å². The summed E-state index contributed by atoms with van der Waals surface area (Å²) in [7, 11) is 0. The van der Waals surface area contributed by atoms with Crippen molar-refractivity contribution in [1.29, 1.82) is 0 Å². The van der Waals surface area contributed by atoms with Gasteiger partial charge < -0.3 is 9.72 Å². The van der Waals surface area contributed by atoms with Crippen LogP contribution in [0.4, 0.5) is 0 Å². The Balaban J connectivity index is 1.67. The first-order valence-corrected chi connectivity index (χ1v) is 8.06. The molecule has 1 aliphatic rings. The van der Waals surface area contributed by atoms with Gasteiger partial charge in [-0.25, -0.2) is 4.98 Å². The molecule has 3 aromatic rings. The molecule has 0 spiro atoms. The number of hydrogen-bond donors (Lipinski definition) is 1. The van der Waals surface area contributed by atoms with E-state index in [1.54, 1.807) is 17.0 Å². The summed E-state index contributed by atoms with van der Waals surface area (Å²) in [5, 5.41) is 1.52. The molecule has 7 heteroatoms. The van der Waals surface area contributed by atoms with Crippen molar-refractivity contribution in [2.24, 2.45) is 0 Å². The molecule has 0 radical (unpaired) electrons. The number of aromatic amines is 1. The number of hydrogen-bond acceptors (Lipinski definition) is 4. The van der Waals surface area contributed by atoms with Gasteiger partial charge in [-0.1, -0.05) is 11.6 Å². The third-order valence-corrected chi connectivity index (χ3v) is 4.53. The van der Waals surface area contributed by atoms with Gasteiger partial charge in [0.1, 0.15) is 11.0 Å². The first kappa shape index (κ1) is 14.7. The number of aromatic nitrogens is 3. The first-order valence-electron chi connectivity index (χ1n) is 7.69. The largest absolute Gasteiger partial charge is 0.379 e. The van der Waals surface area contributed by atoms with Gasteiger partial charge in [0.05, 0.1) is 19.5 Å². The van der Waals surface area contributed by atoms with Crippen molar-refractivity contribution in [3.8, 4) is 0 Å². The van der Waals surface area contributed by atoms with Crippen LogP contribution in [-0.4, -0.2) is 52.3 Å². The molecule has 0 bridgehead atoms. The third-order valence-electron chi connectivity index (χ3n) is 4.29. The van der Waals surface area contributed by atoms with Gasteiger partial charge in [0.25, 0.3) is 5.56 Å². The molecule has 1 aromatic carbocycles. The Morgan fingerprint density at radius 2 is 2.09 bits per heavy atom. The van der Waals surface area contributed by atoms with Gasteiger partial charge in [0, 0.05) is 42.1 Å². The van der Waals surface area contributed by atoms with Gasteiger partial charge in [-0.15, -0.1) is 0 Å². The molecule has 4 rings (SSSR count). The minimum Gasteiger partial charge on any atom is -0.379 e. The monoisotopic (exact) mass is 332 g/mol. The Bertz CT molecular complexity index is 911. The fraction of sp³-hybridized carbons (Fsp3) is 0.375. The molecule has 120 valence electrons. The van der Waals surface area contributed by atoms with Crippen LogP contribution in [0.3, 0.4) is 0 Å². The predicted octanol–water partition coefficient (Wildman–Crippen LogP) is 1.86. The number of rotatable bonds is 3. The Labute approximate surface area is 137 Å². The Kier molecular flexibility index (Phi) is 3.80. The molecule has 0 atom stereocenters. The zero-order valence-corrected chi connectivity index (χ0v) is 13.3. The predicted molar refractivity (Wildman–Crippen MR) is 90.1 cm³/mol. The second kappa shape index (κ2) is 5.96. The van der Waals surface area contributed by atoms with Gasteiger partial charge in [0.2, 0.25) is 0 Å². The van der Waals surface area contributed by atoms with Crippen LogP contribution in [-0.2, 0) is 11.3 Å². The highest BCUT2D eigenvalue weighted by Gasteiger charge is 2.13. The van der Waals surface area contributed by atoms with Crippen LogP contribution in [0.2, 0.25) is 5.02 Å². The van der Waals surface area contributed by atoms with E-state index in [9.17, 15) is 4.79 Å². The third kappa shape index (κ3) is 2.73. The zero-order valence-electron chi connectivity index (χ0n) is 12.6. The van der Waals surface area contributed by atoms with E-state index in [4.69, 9.17) is 16.3 Å². The number of benzene rings is 1. The molecule has 1 fully saturated rings. The van der Waals surface area contributed by atoms with E-state index in [0.717, 1.165) is 43.8 Å². The molecule has 3 heterocycles. The van der Waals surface area contributed by atoms with E-state index in [-0.39, 0.29) is 5.56 Å². The van der Waals surface area contributed by atoms with Gasteiger partial charge in [-0.2, -0.15) is 0 Å². The highest BCUT2D eigenvalue weighted by atomic mass is 35.5. The molecule has 0 unspecified atom stereocenters. The van der Waals surface area contributed by atoms with Crippen LogP contribution >= 0.6 is 11.6 Å². The standard InChI is InChI=1S/C16H17ClN4O2/c17-11-1-2-13-12(9-11)14-15(19-13)16(22)21(10-18-14)4-3-20-5-7-23-8-6-20/h1-2,9-10,19H,3-8H2. The number of nitrogens with zero attached hydrogens (tertiary/aromatic N) is 3. The molecule has 0 aliphatic carbocycles. The summed E-state index contributed by atoms with van der Waals surface area (Å²) in [5.74, 6) is 0. The number of ether oxygens (including phenoxy) is 1.